The van der Waals surface area contributed by atoms with Crippen molar-refractivity contribution in [3.05, 3.63) is 71.4 Å². The van der Waals surface area contributed by atoms with Crippen molar-refractivity contribution in [3.8, 4) is 17.2 Å². The maximum absolute atomic E-state index is 11.6. The first-order valence-corrected chi connectivity index (χ1v) is 11.1. The van der Waals surface area contributed by atoms with Crippen LogP contribution in [0, 0.1) is 0 Å². The van der Waals surface area contributed by atoms with Crippen LogP contribution in [-0.2, 0) is 22.6 Å². The number of nitrogens with one attached hydrogen (secondary N) is 1. The summed E-state index contributed by atoms with van der Waals surface area (Å²) in [6, 6.07) is 13.6. The second kappa shape index (κ2) is 11.2. The summed E-state index contributed by atoms with van der Waals surface area (Å²) in [6.45, 7) is 0.164. The molecule has 1 saturated heterocycles. The molecule has 0 bridgehead atoms. The van der Waals surface area contributed by atoms with Crippen molar-refractivity contribution in [2.75, 3.05) is 14.2 Å². The van der Waals surface area contributed by atoms with Gasteiger partial charge in [0.25, 0.3) is 5.91 Å². The molecule has 35 heavy (non-hydrogen) atoms. The van der Waals surface area contributed by atoms with Gasteiger partial charge in [-0.2, -0.15) is 0 Å². The highest BCUT2D eigenvalue weighted by atomic mass is 16.6. The van der Waals surface area contributed by atoms with Gasteiger partial charge in [-0.05, 0) is 48.6 Å². The van der Waals surface area contributed by atoms with Crippen LogP contribution in [-0.4, -0.2) is 37.3 Å². The molecular formula is C26H26N2O7. The van der Waals surface area contributed by atoms with Crippen LogP contribution in [0.4, 0.5) is 4.79 Å². The first-order valence-electron chi connectivity index (χ1n) is 11.1. The fourth-order valence-corrected chi connectivity index (χ4v) is 3.64. The molecule has 9 heteroatoms. The molecule has 0 saturated carbocycles. The van der Waals surface area contributed by atoms with E-state index < -0.39 is 18.1 Å². The van der Waals surface area contributed by atoms with Gasteiger partial charge in [0.2, 0.25) is 11.6 Å². The van der Waals surface area contributed by atoms with Crippen LogP contribution in [0.25, 0.3) is 12.2 Å². The van der Waals surface area contributed by atoms with Gasteiger partial charge in [-0.15, -0.1) is 0 Å². The molecule has 2 heterocycles. The van der Waals surface area contributed by atoms with Crippen LogP contribution in [0.3, 0.4) is 0 Å². The highest BCUT2D eigenvalue weighted by molar-refractivity contribution is 5.99. The molecule has 1 aliphatic rings. The highest BCUT2D eigenvalue weighted by Crippen LogP contribution is 2.39. The molecule has 1 aliphatic heterocycles. The van der Waals surface area contributed by atoms with Crippen molar-refractivity contribution in [1.29, 1.82) is 0 Å². The monoisotopic (exact) mass is 478 g/mol. The topological polar surface area (TPSA) is 109 Å². The lowest BCUT2D eigenvalue weighted by Crippen LogP contribution is -2.24. The van der Waals surface area contributed by atoms with Crippen molar-refractivity contribution in [1.82, 2.24) is 10.3 Å². The molecular weight excluding hydrogens is 452 g/mol. The molecule has 2 aromatic carbocycles. The Labute approximate surface area is 202 Å². The van der Waals surface area contributed by atoms with Gasteiger partial charge in [-0.25, -0.2) is 9.78 Å². The first-order chi connectivity index (χ1) is 17.1. The van der Waals surface area contributed by atoms with E-state index in [1.54, 1.807) is 26.6 Å². The minimum absolute atomic E-state index is 0.164. The second-order valence-electron chi connectivity index (χ2n) is 7.81. The Morgan fingerprint density at radius 3 is 2.46 bits per heavy atom. The summed E-state index contributed by atoms with van der Waals surface area (Å²) in [5.74, 6) is 1.55. The molecule has 0 radical (unpaired) electrons. The lowest BCUT2D eigenvalue weighted by molar-refractivity contribution is -0.123. The Bertz CT molecular complexity index is 1180. The Morgan fingerprint density at radius 1 is 1.06 bits per heavy atom. The number of alkyl carbamates (subject to hydrolysis) is 1. The van der Waals surface area contributed by atoms with Gasteiger partial charge in [0.15, 0.2) is 17.6 Å². The Balaban J connectivity index is 1.37. The number of carbonyl (C=O) groups excluding carboxylic acids is 2. The number of hydrogen-bond donors (Lipinski definition) is 1. The third kappa shape index (κ3) is 6.20. The number of methoxy groups -OCH3 is 2. The summed E-state index contributed by atoms with van der Waals surface area (Å²) >= 11 is 0. The molecule has 182 valence electrons. The zero-order valence-electron chi connectivity index (χ0n) is 19.5. The summed E-state index contributed by atoms with van der Waals surface area (Å²) in [7, 11) is 3.10. The van der Waals surface area contributed by atoms with Gasteiger partial charge in [0, 0.05) is 6.08 Å². The summed E-state index contributed by atoms with van der Waals surface area (Å²) in [5.41, 5.74) is 2.60. The predicted octanol–water partition coefficient (Wildman–Crippen LogP) is 4.40. The second-order valence-corrected chi connectivity index (χ2v) is 7.81. The van der Waals surface area contributed by atoms with Crippen LogP contribution in [0.1, 0.15) is 35.6 Å². The Morgan fingerprint density at radius 2 is 1.80 bits per heavy atom. The van der Waals surface area contributed by atoms with E-state index in [-0.39, 0.29) is 6.61 Å². The van der Waals surface area contributed by atoms with Gasteiger partial charge < -0.3 is 23.4 Å². The third-order valence-electron chi connectivity index (χ3n) is 5.37. The minimum Gasteiger partial charge on any atom is -0.493 e. The first kappa shape index (κ1) is 23.9. The molecule has 1 fully saturated rings. The number of hydrogen-bond acceptors (Lipinski definition) is 8. The van der Waals surface area contributed by atoms with Crippen LogP contribution >= 0.6 is 0 Å². The molecule has 1 unspecified atom stereocenters. The number of ether oxygens (including phenoxy) is 4. The quantitative estimate of drug-likeness (QED) is 0.432. The van der Waals surface area contributed by atoms with Crippen molar-refractivity contribution in [2.24, 2.45) is 0 Å². The van der Waals surface area contributed by atoms with E-state index in [2.05, 4.69) is 10.3 Å². The average molecular weight is 479 g/mol. The fraction of sp³-hybridized carbons (Fsp3) is 0.269. The summed E-state index contributed by atoms with van der Waals surface area (Å²) in [6.07, 6.45) is 5.51. The molecule has 1 atom stereocenters. The SMILES string of the molecule is COc1cc(CCCC2OC(=O)NC2=O)cc(OC)c1OCc1coc(/C=C/c2ccccc2)n1. The van der Waals surface area contributed by atoms with E-state index in [4.69, 9.17) is 23.4 Å². The minimum atomic E-state index is -0.746. The Hall–Kier alpha value is -4.27. The number of aromatic nitrogens is 1. The zero-order chi connectivity index (χ0) is 24.6. The van der Waals surface area contributed by atoms with Crippen LogP contribution < -0.4 is 19.5 Å². The fourth-order valence-electron chi connectivity index (χ4n) is 3.64. The molecule has 0 aliphatic carbocycles. The highest BCUT2D eigenvalue weighted by Gasteiger charge is 2.31. The molecule has 3 aromatic rings. The number of carbonyl (C=O) groups is 2. The number of nitrogens with zero attached hydrogens (tertiary/aromatic N) is 1. The predicted molar refractivity (Wildman–Crippen MR) is 127 cm³/mol. The number of benzene rings is 2. The number of cyclic esters (lactones) is 1. The summed E-state index contributed by atoms with van der Waals surface area (Å²) in [5, 5.41) is 2.13. The van der Waals surface area contributed by atoms with Crippen molar-refractivity contribution < 1.29 is 33.0 Å². The van der Waals surface area contributed by atoms with Crippen molar-refractivity contribution in [3.63, 3.8) is 0 Å². The molecule has 0 spiro atoms. The third-order valence-corrected chi connectivity index (χ3v) is 5.37. The van der Waals surface area contributed by atoms with Crippen LogP contribution in [0.15, 0.2) is 53.1 Å². The van der Waals surface area contributed by atoms with Crippen LogP contribution in [0.5, 0.6) is 17.2 Å². The van der Waals surface area contributed by atoms with E-state index in [9.17, 15) is 9.59 Å². The van der Waals surface area contributed by atoms with Gasteiger partial charge in [0.05, 0.1) is 14.2 Å². The maximum Gasteiger partial charge on any atom is 0.414 e. The number of oxazole rings is 1. The molecule has 9 nitrogen and oxygen atoms in total. The van der Waals surface area contributed by atoms with Gasteiger partial charge >= 0.3 is 6.09 Å². The van der Waals surface area contributed by atoms with Gasteiger partial charge in [-0.3, -0.25) is 10.1 Å². The Kier molecular flexibility index (Phi) is 7.67. The van der Waals surface area contributed by atoms with Gasteiger partial charge in [0.1, 0.15) is 18.6 Å². The van der Waals surface area contributed by atoms with E-state index in [0.29, 0.717) is 48.1 Å². The summed E-state index contributed by atoms with van der Waals surface area (Å²) < 4.78 is 27.5. The number of rotatable bonds is 11. The normalized spacial score (nSPS) is 15.2. The lowest BCUT2D eigenvalue weighted by atomic mass is 10.0. The maximum atomic E-state index is 11.6. The summed E-state index contributed by atoms with van der Waals surface area (Å²) in [4.78, 5) is 27.2. The number of imide groups is 1. The molecule has 1 N–H and O–H groups in total. The zero-order valence-corrected chi connectivity index (χ0v) is 19.5. The van der Waals surface area contributed by atoms with E-state index in [1.807, 2.05) is 48.5 Å². The molecule has 2 amide bonds. The molecule has 1 aromatic heterocycles. The molecule has 4 rings (SSSR count). The number of amides is 2. The van der Waals surface area contributed by atoms with Gasteiger partial charge in [-0.1, -0.05) is 30.3 Å². The van der Waals surface area contributed by atoms with Crippen molar-refractivity contribution in [2.45, 2.75) is 32.0 Å². The van der Waals surface area contributed by atoms with E-state index in [0.717, 1.165) is 11.1 Å². The number of aryl methyl sites for hydroxylation is 1. The largest absolute Gasteiger partial charge is 0.493 e. The average Bonchev–Trinajstić information content (AvgIpc) is 3.46. The smallest absolute Gasteiger partial charge is 0.414 e. The van der Waals surface area contributed by atoms with Crippen LogP contribution in [0.2, 0.25) is 0 Å². The van der Waals surface area contributed by atoms with E-state index in [1.165, 1.54) is 0 Å². The van der Waals surface area contributed by atoms with Crippen molar-refractivity contribution >= 4 is 24.2 Å². The lowest BCUT2D eigenvalue weighted by Gasteiger charge is -2.16. The van der Waals surface area contributed by atoms with E-state index >= 15 is 0 Å². The standard InChI is InChI=1S/C26H26N2O7/c1-31-21-13-18(9-6-10-20-25(29)28-26(30)35-20)14-22(32-2)24(21)34-16-19-15-33-23(27-19)12-11-17-7-4-3-5-8-17/h3-5,7-8,11-15,20H,6,9-10,16H2,1-2H3,(H,28,29,30)/b12-11+.